The lowest BCUT2D eigenvalue weighted by atomic mass is 10.1. The molecule has 0 aliphatic rings. The van der Waals surface area contributed by atoms with Crippen molar-refractivity contribution in [2.75, 3.05) is 38.9 Å². The van der Waals surface area contributed by atoms with Gasteiger partial charge in [0.1, 0.15) is 13.2 Å². The van der Waals surface area contributed by atoms with Gasteiger partial charge in [0.25, 0.3) is 5.91 Å². The number of anilines is 1. The Balaban J connectivity index is 1.68. The second-order valence-corrected chi connectivity index (χ2v) is 8.60. The van der Waals surface area contributed by atoms with E-state index in [-0.39, 0.29) is 19.1 Å². The highest BCUT2D eigenvalue weighted by atomic mass is 35.5. The Morgan fingerprint density at radius 2 is 1.81 bits per heavy atom. The third-order valence-corrected chi connectivity index (χ3v) is 5.52. The summed E-state index contributed by atoms with van der Waals surface area (Å²) in [6.45, 7) is 0.662. The Kier molecular flexibility index (Phi) is 9.13. The Labute approximate surface area is 199 Å². The van der Waals surface area contributed by atoms with Crippen LogP contribution in [0.2, 0.25) is 10.0 Å². The summed E-state index contributed by atoms with van der Waals surface area (Å²) in [6, 6.07) is 10.2. The van der Waals surface area contributed by atoms with Crippen molar-refractivity contribution in [2.24, 2.45) is 0 Å². The van der Waals surface area contributed by atoms with Crippen LogP contribution in [-0.4, -0.2) is 49.5 Å². The molecule has 7 nitrogen and oxygen atoms in total. The topological polar surface area (TPSA) is 89.9 Å². The number of amides is 1. The van der Waals surface area contributed by atoms with Gasteiger partial charge in [0, 0.05) is 40.2 Å². The van der Waals surface area contributed by atoms with Gasteiger partial charge in [0.05, 0.1) is 13.2 Å². The maximum Gasteiger partial charge on any atom is 0.257 e. The van der Waals surface area contributed by atoms with E-state index in [9.17, 15) is 4.79 Å². The molecule has 2 aromatic carbocycles. The van der Waals surface area contributed by atoms with Gasteiger partial charge in [0.2, 0.25) is 0 Å². The highest BCUT2D eigenvalue weighted by Gasteiger charge is 2.14. The van der Waals surface area contributed by atoms with Crippen molar-refractivity contribution in [1.82, 2.24) is 4.98 Å². The lowest BCUT2D eigenvalue weighted by molar-refractivity contribution is 0.102. The Morgan fingerprint density at radius 1 is 1.06 bits per heavy atom. The number of thiazole rings is 1. The average molecular weight is 497 g/mol. The van der Waals surface area contributed by atoms with Crippen molar-refractivity contribution < 1.29 is 24.1 Å². The van der Waals surface area contributed by atoms with Crippen LogP contribution in [-0.2, 0) is 11.2 Å². The number of nitrogens with one attached hydrogen (secondary N) is 1. The van der Waals surface area contributed by atoms with Crippen LogP contribution in [0.25, 0.3) is 0 Å². The summed E-state index contributed by atoms with van der Waals surface area (Å²) >= 11 is 13.5. The number of aromatic nitrogens is 1. The molecule has 10 heteroatoms. The first-order valence-corrected chi connectivity index (χ1v) is 11.3. The van der Waals surface area contributed by atoms with Crippen LogP contribution in [0.15, 0.2) is 42.6 Å². The minimum atomic E-state index is -0.339. The lowest BCUT2D eigenvalue weighted by Gasteiger charge is -2.13. The molecule has 0 unspecified atom stereocenters. The van der Waals surface area contributed by atoms with Crippen LogP contribution in [0.3, 0.4) is 0 Å². The van der Waals surface area contributed by atoms with Gasteiger partial charge in [-0.1, -0.05) is 23.2 Å². The number of nitrogens with zero attached hydrogens (tertiary/aromatic N) is 1. The zero-order valence-corrected chi connectivity index (χ0v) is 19.6. The molecule has 0 aliphatic heterocycles. The van der Waals surface area contributed by atoms with E-state index >= 15 is 0 Å². The van der Waals surface area contributed by atoms with Crippen molar-refractivity contribution in [3.8, 4) is 11.5 Å². The van der Waals surface area contributed by atoms with Crippen molar-refractivity contribution in [3.05, 3.63) is 68.6 Å². The normalized spacial score (nSPS) is 10.8. The number of aliphatic hydroxyl groups excluding tert-OH is 1. The molecule has 1 aromatic heterocycles. The molecule has 0 saturated heterocycles. The molecule has 1 heterocycles. The number of hydrogen-bond acceptors (Lipinski definition) is 7. The number of ether oxygens (including phenoxy) is 3. The summed E-state index contributed by atoms with van der Waals surface area (Å²) in [5.41, 5.74) is 1.33. The highest BCUT2D eigenvalue weighted by Crippen LogP contribution is 2.30. The maximum absolute atomic E-state index is 12.7. The molecule has 2 N–H and O–H groups in total. The van der Waals surface area contributed by atoms with E-state index in [0.29, 0.717) is 51.9 Å². The molecule has 0 spiro atoms. The van der Waals surface area contributed by atoms with Gasteiger partial charge in [-0.05, 0) is 42.0 Å². The monoisotopic (exact) mass is 496 g/mol. The average Bonchev–Trinajstić information content (AvgIpc) is 3.18. The van der Waals surface area contributed by atoms with Crippen LogP contribution < -0.4 is 14.8 Å². The molecule has 3 aromatic rings. The fourth-order valence-corrected chi connectivity index (χ4v) is 4.22. The highest BCUT2D eigenvalue weighted by molar-refractivity contribution is 7.15. The molecular weight excluding hydrogens is 475 g/mol. The van der Waals surface area contributed by atoms with Crippen molar-refractivity contribution in [1.29, 1.82) is 0 Å². The van der Waals surface area contributed by atoms with E-state index in [1.165, 1.54) is 11.3 Å². The van der Waals surface area contributed by atoms with Gasteiger partial charge in [-0.3, -0.25) is 10.1 Å². The molecule has 1 amide bonds. The quantitative estimate of drug-likeness (QED) is 0.374. The third kappa shape index (κ3) is 7.08. The largest absolute Gasteiger partial charge is 0.487 e. The summed E-state index contributed by atoms with van der Waals surface area (Å²) in [4.78, 5) is 18.0. The SMILES string of the molecule is COCCOc1ccc(C(=O)Nc2ncc(Cc3cc(Cl)cc(Cl)c3)s2)cc1OCCO. The summed E-state index contributed by atoms with van der Waals surface area (Å²) < 4.78 is 16.1. The van der Waals surface area contributed by atoms with Gasteiger partial charge in [0.15, 0.2) is 16.6 Å². The smallest absolute Gasteiger partial charge is 0.257 e. The summed E-state index contributed by atoms with van der Waals surface area (Å²) in [5.74, 6) is 0.484. The molecule has 0 bridgehead atoms. The van der Waals surface area contributed by atoms with E-state index < -0.39 is 0 Å². The number of benzene rings is 2. The van der Waals surface area contributed by atoms with E-state index in [0.717, 1.165) is 10.4 Å². The summed E-state index contributed by atoms with van der Waals surface area (Å²) in [5, 5.41) is 13.5. The fraction of sp³-hybridized carbons (Fsp3) is 0.273. The second kappa shape index (κ2) is 12.0. The summed E-state index contributed by atoms with van der Waals surface area (Å²) in [6.07, 6.45) is 2.30. The number of hydrogen-bond donors (Lipinski definition) is 2. The van der Waals surface area contributed by atoms with Gasteiger partial charge in [-0.25, -0.2) is 4.98 Å². The molecule has 3 rings (SSSR count). The minimum absolute atomic E-state index is 0.0784. The predicted octanol–water partition coefficient (Wildman–Crippen LogP) is 4.69. The van der Waals surface area contributed by atoms with Crippen LogP contribution in [0, 0.1) is 0 Å². The van der Waals surface area contributed by atoms with Gasteiger partial charge >= 0.3 is 0 Å². The van der Waals surface area contributed by atoms with E-state index in [2.05, 4.69) is 10.3 Å². The second-order valence-electron chi connectivity index (χ2n) is 6.62. The number of rotatable bonds is 11. The molecule has 0 saturated carbocycles. The Hall–Kier alpha value is -2.36. The Bertz CT molecular complexity index is 1040. The molecule has 32 heavy (non-hydrogen) atoms. The zero-order chi connectivity index (χ0) is 22.9. The molecule has 170 valence electrons. The van der Waals surface area contributed by atoms with Crippen molar-refractivity contribution in [3.63, 3.8) is 0 Å². The van der Waals surface area contributed by atoms with Gasteiger partial charge < -0.3 is 19.3 Å². The first-order chi connectivity index (χ1) is 15.5. The van der Waals surface area contributed by atoms with E-state index in [4.69, 9.17) is 42.5 Å². The van der Waals surface area contributed by atoms with Gasteiger partial charge in [-0.2, -0.15) is 0 Å². The molecule has 0 atom stereocenters. The predicted molar refractivity (Wildman–Crippen MR) is 126 cm³/mol. The number of carbonyl (C=O) groups excluding carboxylic acids is 1. The number of methoxy groups -OCH3 is 1. The number of halogens is 2. The minimum Gasteiger partial charge on any atom is -0.487 e. The van der Waals surface area contributed by atoms with Crippen LogP contribution in [0.5, 0.6) is 11.5 Å². The first-order valence-electron chi connectivity index (χ1n) is 9.69. The van der Waals surface area contributed by atoms with Gasteiger partial charge in [-0.15, -0.1) is 11.3 Å². The van der Waals surface area contributed by atoms with Crippen molar-refractivity contribution in [2.45, 2.75) is 6.42 Å². The number of carbonyl (C=O) groups is 1. The number of aliphatic hydroxyl groups is 1. The van der Waals surface area contributed by atoms with Crippen molar-refractivity contribution >= 4 is 45.6 Å². The molecule has 0 radical (unpaired) electrons. The van der Waals surface area contributed by atoms with E-state index in [1.807, 2.05) is 12.1 Å². The Morgan fingerprint density at radius 3 is 2.53 bits per heavy atom. The third-order valence-electron chi connectivity index (χ3n) is 4.17. The molecule has 0 fully saturated rings. The van der Waals surface area contributed by atoms with Crippen LogP contribution >= 0.6 is 34.5 Å². The zero-order valence-electron chi connectivity index (χ0n) is 17.3. The van der Waals surface area contributed by atoms with Crippen LogP contribution in [0.1, 0.15) is 20.8 Å². The molecular formula is C22H22Cl2N2O5S. The summed E-state index contributed by atoms with van der Waals surface area (Å²) in [7, 11) is 1.58. The lowest BCUT2D eigenvalue weighted by Crippen LogP contribution is -2.13. The van der Waals surface area contributed by atoms with E-state index in [1.54, 1.807) is 37.6 Å². The van der Waals surface area contributed by atoms with Crippen LogP contribution in [0.4, 0.5) is 5.13 Å². The maximum atomic E-state index is 12.7. The molecule has 0 aliphatic carbocycles. The standard InChI is InChI=1S/C22H22Cl2N2O5S/c1-29-6-7-31-19-3-2-15(11-20(19)30-5-4-27)21(28)26-22-25-13-18(32-22)10-14-8-16(23)12-17(24)9-14/h2-3,8-9,11-13,27H,4-7,10H2,1H3,(H,25,26,28). The fourth-order valence-electron chi connectivity index (χ4n) is 2.80. The first kappa shape index (κ1) is 24.3.